The van der Waals surface area contributed by atoms with Gasteiger partial charge in [-0.2, -0.15) is 5.10 Å². The smallest absolute Gasteiger partial charge is 0.271 e. The van der Waals surface area contributed by atoms with Crippen molar-refractivity contribution < 1.29 is 9.18 Å². The first-order chi connectivity index (χ1) is 14.2. The van der Waals surface area contributed by atoms with E-state index in [1.807, 2.05) is 12.1 Å². The van der Waals surface area contributed by atoms with Crippen LogP contribution in [0.3, 0.4) is 0 Å². The number of halogens is 1. The van der Waals surface area contributed by atoms with Crippen LogP contribution in [0.2, 0.25) is 0 Å². The number of nitrogens with zero attached hydrogens (tertiary/aromatic N) is 3. The van der Waals surface area contributed by atoms with E-state index in [0.717, 1.165) is 30.5 Å². The zero-order valence-electron chi connectivity index (χ0n) is 16.1. The van der Waals surface area contributed by atoms with Gasteiger partial charge >= 0.3 is 0 Å². The molecule has 0 bridgehead atoms. The lowest BCUT2D eigenvalue weighted by atomic mass is 9.97. The lowest BCUT2D eigenvalue weighted by molar-refractivity contribution is 0.0948. The third kappa shape index (κ3) is 4.59. The van der Waals surface area contributed by atoms with Gasteiger partial charge in [0.1, 0.15) is 5.82 Å². The summed E-state index contributed by atoms with van der Waals surface area (Å²) in [7, 11) is 0. The third-order valence-electron chi connectivity index (χ3n) is 5.11. The fourth-order valence-corrected chi connectivity index (χ4v) is 3.56. The molecule has 5 nitrogen and oxygen atoms in total. The van der Waals surface area contributed by atoms with Gasteiger partial charge in [0.25, 0.3) is 5.91 Å². The number of nitrogens with one attached hydrogen (secondary N) is 1. The second-order valence-electron chi connectivity index (χ2n) is 7.15. The number of aromatic nitrogens is 3. The predicted molar refractivity (Wildman–Crippen MR) is 110 cm³/mol. The Bertz CT molecular complexity index is 1010. The molecule has 0 fully saturated rings. The normalized spacial score (nSPS) is 13.8. The number of rotatable bonds is 6. The minimum absolute atomic E-state index is 0.211. The average Bonchev–Trinajstić information content (AvgIpc) is 3.21. The summed E-state index contributed by atoms with van der Waals surface area (Å²) < 4.78 is 15.0. The Balaban J connectivity index is 1.56. The predicted octanol–water partition coefficient (Wildman–Crippen LogP) is 4.69. The zero-order valence-corrected chi connectivity index (χ0v) is 16.1. The van der Waals surface area contributed by atoms with Crippen molar-refractivity contribution in [2.75, 3.05) is 6.54 Å². The van der Waals surface area contributed by atoms with Crippen molar-refractivity contribution in [1.29, 1.82) is 0 Å². The minimum Gasteiger partial charge on any atom is -0.350 e. The lowest BCUT2D eigenvalue weighted by Crippen LogP contribution is -2.25. The van der Waals surface area contributed by atoms with Crippen LogP contribution in [0.5, 0.6) is 0 Å². The molecular formula is C23H23FN4O. The van der Waals surface area contributed by atoms with E-state index in [9.17, 15) is 9.18 Å². The number of hydrogen-bond acceptors (Lipinski definition) is 3. The van der Waals surface area contributed by atoms with E-state index >= 15 is 0 Å². The van der Waals surface area contributed by atoms with Crippen LogP contribution in [-0.2, 0) is 0 Å². The van der Waals surface area contributed by atoms with Gasteiger partial charge < -0.3 is 5.32 Å². The van der Waals surface area contributed by atoms with Gasteiger partial charge in [-0.3, -0.25) is 9.78 Å². The third-order valence-corrected chi connectivity index (χ3v) is 5.11. The molecule has 0 saturated carbocycles. The maximum atomic E-state index is 13.3. The van der Waals surface area contributed by atoms with Crippen molar-refractivity contribution in [3.05, 3.63) is 78.0 Å². The van der Waals surface area contributed by atoms with E-state index in [4.69, 9.17) is 0 Å². The number of hydrogen-bond donors (Lipinski definition) is 1. The first-order valence-electron chi connectivity index (χ1n) is 9.93. The molecule has 1 amide bonds. The number of amides is 1. The largest absolute Gasteiger partial charge is 0.350 e. The van der Waals surface area contributed by atoms with Crippen molar-refractivity contribution in [3.8, 4) is 16.9 Å². The molecule has 3 aromatic rings. The van der Waals surface area contributed by atoms with Crippen molar-refractivity contribution in [2.24, 2.45) is 0 Å². The van der Waals surface area contributed by atoms with Gasteiger partial charge in [0.2, 0.25) is 0 Å². The first kappa shape index (κ1) is 19.1. The molecule has 0 spiro atoms. The number of benzene rings is 1. The van der Waals surface area contributed by atoms with E-state index in [2.05, 4.69) is 21.5 Å². The molecule has 4 rings (SSSR count). The minimum atomic E-state index is -0.318. The lowest BCUT2D eigenvalue weighted by Gasteiger charge is -2.12. The summed E-state index contributed by atoms with van der Waals surface area (Å²) in [5, 5.41) is 7.47. The number of pyridine rings is 1. The van der Waals surface area contributed by atoms with Crippen LogP contribution in [0, 0.1) is 5.82 Å². The molecule has 1 aliphatic rings. The van der Waals surface area contributed by atoms with E-state index in [1.165, 1.54) is 30.5 Å². The second kappa shape index (κ2) is 8.82. The summed E-state index contributed by atoms with van der Waals surface area (Å²) in [5.74, 6) is -0.529. The fraction of sp³-hybridized carbons (Fsp3) is 0.261. The Hall–Kier alpha value is -3.28. The Morgan fingerprint density at radius 3 is 2.62 bits per heavy atom. The molecule has 148 valence electrons. The Morgan fingerprint density at radius 1 is 1.10 bits per heavy atom. The van der Waals surface area contributed by atoms with E-state index in [1.54, 1.807) is 35.3 Å². The van der Waals surface area contributed by atoms with Gasteiger partial charge in [-0.25, -0.2) is 9.07 Å². The van der Waals surface area contributed by atoms with Gasteiger partial charge in [0.05, 0.1) is 11.4 Å². The summed E-state index contributed by atoms with van der Waals surface area (Å²) >= 11 is 0. The molecule has 2 heterocycles. The topological polar surface area (TPSA) is 59.8 Å². The molecule has 0 atom stereocenters. The van der Waals surface area contributed by atoms with Gasteiger partial charge in [0, 0.05) is 24.5 Å². The molecule has 1 N–H and O–H groups in total. The highest BCUT2D eigenvalue weighted by atomic mass is 19.1. The highest BCUT2D eigenvalue weighted by molar-refractivity contribution is 5.93. The summed E-state index contributed by atoms with van der Waals surface area (Å²) in [6.45, 7) is 0.596. The Labute approximate surface area is 169 Å². The van der Waals surface area contributed by atoms with Crippen LogP contribution in [0.4, 0.5) is 4.39 Å². The van der Waals surface area contributed by atoms with Gasteiger partial charge in [-0.05, 0) is 74.6 Å². The molecule has 1 aliphatic carbocycles. The van der Waals surface area contributed by atoms with Gasteiger partial charge in [-0.15, -0.1) is 0 Å². The second-order valence-corrected chi connectivity index (χ2v) is 7.15. The van der Waals surface area contributed by atoms with Gasteiger partial charge in [0.15, 0.2) is 5.69 Å². The van der Waals surface area contributed by atoms with Crippen molar-refractivity contribution >= 4 is 5.91 Å². The molecule has 1 aromatic carbocycles. The van der Waals surface area contributed by atoms with Crippen molar-refractivity contribution in [3.63, 3.8) is 0 Å². The van der Waals surface area contributed by atoms with Crippen LogP contribution in [0.25, 0.3) is 16.9 Å². The van der Waals surface area contributed by atoms with Gasteiger partial charge in [-0.1, -0.05) is 11.6 Å². The summed E-state index contributed by atoms with van der Waals surface area (Å²) in [4.78, 5) is 16.7. The van der Waals surface area contributed by atoms with E-state index in [-0.39, 0.29) is 11.7 Å². The molecule has 6 heteroatoms. The molecule has 0 radical (unpaired) electrons. The highest BCUT2D eigenvalue weighted by Crippen LogP contribution is 2.24. The number of allylic oxidation sites excluding steroid dienone is 1. The molecule has 2 aromatic heterocycles. The summed E-state index contributed by atoms with van der Waals surface area (Å²) in [6, 6.07) is 11.5. The van der Waals surface area contributed by atoms with Crippen LogP contribution in [0.1, 0.15) is 42.6 Å². The summed E-state index contributed by atoms with van der Waals surface area (Å²) in [5.41, 5.74) is 4.07. The first-order valence-corrected chi connectivity index (χ1v) is 9.93. The zero-order chi connectivity index (χ0) is 20.1. The Kier molecular flexibility index (Phi) is 5.79. The van der Waals surface area contributed by atoms with Crippen molar-refractivity contribution in [1.82, 2.24) is 20.1 Å². The maximum Gasteiger partial charge on any atom is 0.271 e. The molecule has 0 aliphatic heterocycles. The van der Waals surface area contributed by atoms with Crippen LogP contribution < -0.4 is 5.32 Å². The molecule has 0 unspecified atom stereocenters. The fourth-order valence-electron chi connectivity index (χ4n) is 3.56. The van der Waals surface area contributed by atoms with Crippen molar-refractivity contribution in [2.45, 2.75) is 32.1 Å². The molecule has 0 saturated heterocycles. The maximum absolute atomic E-state index is 13.3. The van der Waals surface area contributed by atoms with E-state index < -0.39 is 0 Å². The monoisotopic (exact) mass is 390 g/mol. The van der Waals surface area contributed by atoms with Crippen LogP contribution in [0.15, 0.2) is 66.5 Å². The quantitative estimate of drug-likeness (QED) is 0.621. The van der Waals surface area contributed by atoms with Crippen LogP contribution >= 0.6 is 0 Å². The number of carbonyl (C=O) groups is 1. The SMILES string of the molecule is O=C(NCCC1=CCCCC1)c1cc(-c2ccncc2)n(-c2ccc(F)cc2)n1. The molecule has 29 heavy (non-hydrogen) atoms. The average molecular weight is 390 g/mol. The standard InChI is InChI=1S/C23H23FN4O/c24-19-6-8-20(9-7-19)28-22(18-11-13-25-14-12-18)16-21(27-28)23(29)26-15-10-17-4-2-1-3-5-17/h4,6-9,11-14,16H,1-3,5,10,15H2,(H,26,29). The highest BCUT2D eigenvalue weighted by Gasteiger charge is 2.17. The molecular weight excluding hydrogens is 367 g/mol. The van der Waals surface area contributed by atoms with E-state index in [0.29, 0.717) is 17.9 Å². The number of carbonyl (C=O) groups excluding carboxylic acids is 1. The Morgan fingerprint density at radius 2 is 1.90 bits per heavy atom. The van der Waals surface area contributed by atoms with Crippen LogP contribution in [-0.4, -0.2) is 27.2 Å². The summed E-state index contributed by atoms with van der Waals surface area (Å²) in [6.07, 6.45) is 11.3.